The van der Waals surface area contributed by atoms with Gasteiger partial charge in [0.05, 0.1) is 22.1 Å². The first-order valence-corrected chi connectivity index (χ1v) is 14.8. The van der Waals surface area contributed by atoms with Crippen LogP contribution in [0, 0.1) is 13.8 Å². The zero-order valence-corrected chi connectivity index (χ0v) is 23.7. The molecule has 0 unspecified atom stereocenters. The van der Waals surface area contributed by atoms with Crippen molar-refractivity contribution in [2.75, 3.05) is 0 Å². The van der Waals surface area contributed by atoms with Crippen molar-refractivity contribution < 1.29 is 0 Å². The predicted octanol–water partition coefficient (Wildman–Crippen LogP) is 7.86. The maximum Gasteiger partial charge on any atom is 0.264 e. The lowest BCUT2D eigenvalue weighted by Gasteiger charge is -2.18. The van der Waals surface area contributed by atoms with Crippen LogP contribution in [-0.4, -0.2) is 18.8 Å². The van der Waals surface area contributed by atoms with Crippen molar-refractivity contribution in [2.45, 2.75) is 13.8 Å². The first-order chi connectivity index (χ1) is 21.5. The van der Waals surface area contributed by atoms with Gasteiger partial charge in [-0.05, 0) is 106 Å². The number of benzene rings is 7. The van der Waals surface area contributed by atoms with Gasteiger partial charge in [0.15, 0.2) is 0 Å². The van der Waals surface area contributed by atoms with Crippen LogP contribution in [0.4, 0.5) is 0 Å². The molecule has 0 amide bonds. The molecule has 0 fully saturated rings. The molecular weight excluding hydrogens is 544 g/mol. The molecule has 11 rings (SSSR count). The molecule has 4 heterocycles. The zero-order chi connectivity index (χ0) is 29.2. The summed E-state index contributed by atoms with van der Waals surface area (Å²) in [6.45, 7) is 4.07. The van der Waals surface area contributed by atoms with Crippen molar-refractivity contribution in [3.05, 3.63) is 117 Å². The summed E-state index contributed by atoms with van der Waals surface area (Å²) < 4.78 is 3.53. The first-order valence-electron chi connectivity index (χ1n) is 14.8. The number of rotatable bonds is 0. The van der Waals surface area contributed by atoms with E-state index in [1.165, 1.54) is 0 Å². The second-order valence-corrected chi connectivity index (χ2v) is 12.3. The van der Waals surface area contributed by atoms with Crippen LogP contribution in [0.2, 0.25) is 0 Å². The third kappa shape index (κ3) is 2.40. The second kappa shape index (κ2) is 7.18. The Morgan fingerprint density at radius 1 is 0.432 bits per heavy atom. The Balaban J connectivity index is 1.38. The molecule has 0 radical (unpaired) electrons. The fourth-order valence-electron chi connectivity index (χ4n) is 8.01. The fourth-order valence-corrected chi connectivity index (χ4v) is 8.01. The van der Waals surface area contributed by atoms with Crippen LogP contribution in [0.25, 0.3) is 98.0 Å². The summed E-state index contributed by atoms with van der Waals surface area (Å²) in [4.78, 5) is 38.1. The molecule has 11 aromatic rings. The monoisotopic (exact) mass is 564 g/mol. The predicted molar refractivity (Wildman–Crippen MR) is 180 cm³/mol. The van der Waals surface area contributed by atoms with Crippen molar-refractivity contribution in [1.82, 2.24) is 18.8 Å². The summed E-state index contributed by atoms with van der Waals surface area (Å²) in [5, 5.41) is 11.5. The highest BCUT2D eigenvalue weighted by atomic mass is 16.1. The summed E-state index contributed by atoms with van der Waals surface area (Å²) in [7, 11) is 0. The van der Waals surface area contributed by atoms with E-state index in [2.05, 4.69) is 36.4 Å². The molecule has 44 heavy (non-hydrogen) atoms. The minimum absolute atomic E-state index is 0.0555. The maximum absolute atomic E-state index is 14.1. The number of aryl methyl sites for hydroxylation is 2. The van der Waals surface area contributed by atoms with Crippen LogP contribution < -0.4 is 11.1 Å². The van der Waals surface area contributed by atoms with Crippen LogP contribution in [0.15, 0.2) is 94.5 Å². The van der Waals surface area contributed by atoms with Crippen molar-refractivity contribution in [1.29, 1.82) is 0 Å². The smallest absolute Gasteiger partial charge is 0.264 e. The van der Waals surface area contributed by atoms with Crippen molar-refractivity contribution in [3.8, 4) is 0 Å². The quantitative estimate of drug-likeness (QED) is 0.139. The van der Waals surface area contributed by atoms with Gasteiger partial charge in [-0.2, -0.15) is 0 Å². The number of fused-ring (bicyclic) bond motifs is 10. The first kappa shape index (κ1) is 22.7. The van der Waals surface area contributed by atoms with Gasteiger partial charge in [0, 0.05) is 32.3 Å². The molecule has 0 aliphatic heterocycles. The van der Waals surface area contributed by atoms with Crippen LogP contribution in [0.3, 0.4) is 0 Å². The third-order valence-corrected chi connectivity index (χ3v) is 9.87. The fraction of sp³-hybridized carbons (Fsp3) is 0.0526. The van der Waals surface area contributed by atoms with Crippen LogP contribution in [0.5, 0.6) is 0 Å². The summed E-state index contributed by atoms with van der Waals surface area (Å²) in [5.74, 6) is 0. The lowest BCUT2D eigenvalue weighted by molar-refractivity contribution is 1.19. The number of aromatic nitrogens is 4. The van der Waals surface area contributed by atoms with Gasteiger partial charge >= 0.3 is 0 Å². The Morgan fingerprint density at radius 3 is 1.45 bits per heavy atom. The number of imidazole rings is 2. The van der Waals surface area contributed by atoms with Crippen LogP contribution in [-0.2, 0) is 0 Å². The van der Waals surface area contributed by atoms with E-state index in [0.29, 0.717) is 22.1 Å². The standard InChI is InChI=1S/C38H20N4O2/c1-17-4-14-29-28(15-17)40-36-24-10-6-20-19-5-9-23-33-26(38(44)42-30-16-18(2)3-13-27(30)39-35(23)42)12-8-22(31(19)33)21-7-11-25(34(24)32(20)21)37(43)41(29)36/h3-16H,1-2H3. The average Bonchev–Trinajstić information content (AvgIpc) is 3.60. The Kier molecular flexibility index (Phi) is 3.70. The average molecular weight is 565 g/mol. The molecular formula is C38H20N4O2. The summed E-state index contributed by atoms with van der Waals surface area (Å²) >= 11 is 0. The topological polar surface area (TPSA) is 68.7 Å². The van der Waals surface area contributed by atoms with E-state index in [1.807, 2.05) is 62.4 Å². The summed E-state index contributed by atoms with van der Waals surface area (Å²) in [6, 6.07) is 28.7. The van der Waals surface area contributed by atoms with Gasteiger partial charge < -0.3 is 0 Å². The minimum Gasteiger partial charge on any atom is -0.268 e. The van der Waals surface area contributed by atoms with Crippen LogP contribution >= 0.6 is 0 Å². The normalized spacial score (nSPS) is 13.0. The van der Waals surface area contributed by atoms with Gasteiger partial charge in [-0.15, -0.1) is 0 Å². The van der Waals surface area contributed by atoms with E-state index in [4.69, 9.17) is 9.97 Å². The summed E-state index contributed by atoms with van der Waals surface area (Å²) in [5.41, 5.74) is 6.74. The molecule has 0 atom stereocenters. The minimum atomic E-state index is -0.0571. The van der Waals surface area contributed by atoms with Gasteiger partial charge in [-0.25, -0.2) is 9.97 Å². The molecule has 0 aliphatic rings. The molecule has 4 aromatic heterocycles. The Hall–Kier alpha value is -5.88. The van der Waals surface area contributed by atoms with E-state index >= 15 is 0 Å². The molecule has 0 saturated heterocycles. The van der Waals surface area contributed by atoms with Gasteiger partial charge in [0.2, 0.25) is 0 Å². The van der Waals surface area contributed by atoms with E-state index in [-0.39, 0.29) is 11.1 Å². The molecule has 0 spiro atoms. The highest BCUT2D eigenvalue weighted by molar-refractivity contribution is 6.40. The van der Waals surface area contributed by atoms with E-state index in [0.717, 1.165) is 87.1 Å². The van der Waals surface area contributed by atoms with Gasteiger partial charge in [0.1, 0.15) is 11.3 Å². The largest absolute Gasteiger partial charge is 0.268 e. The zero-order valence-electron chi connectivity index (χ0n) is 23.7. The van der Waals surface area contributed by atoms with Crippen LogP contribution in [0.1, 0.15) is 11.1 Å². The lowest BCUT2D eigenvalue weighted by atomic mass is 9.86. The molecule has 6 nitrogen and oxygen atoms in total. The van der Waals surface area contributed by atoms with E-state index in [9.17, 15) is 9.59 Å². The molecule has 6 heteroatoms. The number of nitrogens with zero attached hydrogens (tertiary/aromatic N) is 4. The molecule has 0 bridgehead atoms. The van der Waals surface area contributed by atoms with Crippen molar-refractivity contribution >= 4 is 98.0 Å². The van der Waals surface area contributed by atoms with Gasteiger partial charge in [-0.1, -0.05) is 36.4 Å². The number of hydrogen-bond donors (Lipinski definition) is 0. The number of hydrogen-bond acceptors (Lipinski definition) is 4. The van der Waals surface area contributed by atoms with Gasteiger partial charge in [-0.3, -0.25) is 18.4 Å². The highest BCUT2D eigenvalue weighted by Crippen LogP contribution is 2.45. The number of pyridine rings is 2. The van der Waals surface area contributed by atoms with Gasteiger partial charge in [0.25, 0.3) is 11.1 Å². The Labute approximate surface area is 247 Å². The molecule has 0 aliphatic carbocycles. The molecule has 204 valence electrons. The molecule has 0 saturated carbocycles. The lowest BCUT2D eigenvalue weighted by Crippen LogP contribution is -2.14. The highest BCUT2D eigenvalue weighted by Gasteiger charge is 2.23. The maximum atomic E-state index is 14.1. The van der Waals surface area contributed by atoms with Crippen molar-refractivity contribution in [2.24, 2.45) is 0 Å². The SMILES string of the molecule is Cc1ccc2c(c1)nc1c3ccc4c5ccc6c7c(ccc(c8ccc(c(=O)n21)c3c84)c57)c(=O)n1c2cc(C)ccc2nc61. The van der Waals surface area contributed by atoms with Crippen molar-refractivity contribution in [3.63, 3.8) is 0 Å². The molecule has 7 aromatic carbocycles. The Bertz CT molecular complexity index is 3140. The van der Waals surface area contributed by atoms with E-state index < -0.39 is 0 Å². The third-order valence-electron chi connectivity index (χ3n) is 9.87. The van der Waals surface area contributed by atoms with E-state index in [1.54, 1.807) is 8.80 Å². The second-order valence-electron chi connectivity index (χ2n) is 12.3. The Morgan fingerprint density at radius 2 is 0.864 bits per heavy atom. The summed E-state index contributed by atoms with van der Waals surface area (Å²) in [6.07, 6.45) is 0. The molecule has 0 N–H and O–H groups in total.